The molecule has 0 aromatic heterocycles. The van der Waals surface area contributed by atoms with E-state index in [0.29, 0.717) is 0 Å². The maximum Gasteiger partial charge on any atom is 1.00 e. The van der Waals surface area contributed by atoms with Gasteiger partial charge in [-0.05, 0) is 22.2 Å². The molecule has 17 heavy (non-hydrogen) atoms. The van der Waals surface area contributed by atoms with Gasteiger partial charge in [0.15, 0.2) is 0 Å². The summed E-state index contributed by atoms with van der Waals surface area (Å²) in [6.07, 6.45) is 0.0351. The van der Waals surface area contributed by atoms with Gasteiger partial charge in [-0.3, -0.25) is 0 Å². The second kappa shape index (κ2) is 8.60. The summed E-state index contributed by atoms with van der Waals surface area (Å²) in [4.78, 5) is -0.200. The molecule has 8 heteroatoms. The fraction of sp³-hybridized carbons (Fsp3) is 0.222. The third-order valence-corrected chi connectivity index (χ3v) is 3.36. The molecule has 0 atom stereocenters. The maximum atomic E-state index is 11.5. The van der Waals surface area contributed by atoms with Crippen molar-refractivity contribution in [3.8, 4) is 0 Å². The minimum absolute atomic E-state index is 0. The summed E-state index contributed by atoms with van der Waals surface area (Å²) < 4.78 is 26.1. The monoisotopic (exact) mass is 275 g/mol. The predicted molar refractivity (Wildman–Crippen MR) is 55.2 cm³/mol. The molecule has 4 nitrogen and oxygen atoms in total. The van der Waals surface area contributed by atoms with E-state index in [1.807, 2.05) is 0 Å². The van der Waals surface area contributed by atoms with Crippen molar-refractivity contribution in [2.75, 3.05) is 0 Å². The second-order valence-corrected chi connectivity index (χ2v) is 4.65. The van der Waals surface area contributed by atoms with Gasteiger partial charge < -0.3 is 5.11 Å². The van der Waals surface area contributed by atoms with Crippen LogP contribution in [0.2, 0.25) is 5.02 Å². The Bertz CT molecular complexity index is 493. The standard InChI is InChI=1S/C9H9ClNO3S.Li.Na/c1-2-9(12)11-15(13,14)8-6-4-3-5-7(8)10;;/h3,5-6H,2H2,1H3,(H,11,12);;/q-1;2*+1/p-1. The van der Waals surface area contributed by atoms with Gasteiger partial charge >= 0.3 is 48.4 Å². The van der Waals surface area contributed by atoms with Crippen molar-refractivity contribution in [3.05, 3.63) is 29.3 Å². The molecule has 0 aliphatic rings. The normalized spacial score (nSPS) is 11.3. The first-order valence-electron chi connectivity index (χ1n) is 4.14. The van der Waals surface area contributed by atoms with E-state index in [-0.39, 0.29) is 64.8 Å². The first-order valence-corrected chi connectivity index (χ1v) is 5.95. The minimum atomic E-state index is -3.99. The Morgan fingerprint density at radius 2 is 2.18 bits per heavy atom. The summed E-state index contributed by atoms with van der Waals surface area (Å²) in [6.45, 7) is 1.53. The molecule has 0 saturated heterocycles. The van der Waals surface area contributed by atoms with E-state index >= 15 is 0 Å². The van der Waals surface area contributed by atoms with Crippen LogP contribution in [0.5, 0.6) is 0 Å². The molecule has 0 fully saturated rings. The van der Waals surface area contributed by atoms with Crippen LogP contribution in [0.3, 0.4) is 0 Å². The van der Waals surface area contributed by atoms with Crippen molar-refractivity contribution in [2.24, 2.45) is 4.40 Å². The van der Waals surface area contributed by atoms with E-state index in [4.69, 9.17) is 11.6 Å². The Labute approximate surface area is 140 Å². The van der Waals surface area contributed by atoms with E-state index in [1.54, 1.807) is 0 Å². The van der Waals surface area contributed by atoms with Crippen LogP contribution in [-0.4, -0.2) is 14.3 Å². The number of nitrogens with zero attached hydrogens (tertiary/aromatic N) is 1. The summed E-state index contributed by atoms with van der Waals surface area (Å²) in [7, 11) is -3.99. The van der Waals surface area contributed by atoms with Gasteiger partial charge in [0.2, 0.25) is 10.0 Å². The van der Waals surface area contributed by atoms with Gasteiger partial charge in [-0.1, -0.05) is 6.92 Å². The average molecular weight is 276 g/mol. The Kier molecular flexibility index (Phi) is 10.0. The van der Waals surface area contributed by atoms with Gasteiger partial charge in [-0.25, -0.2) is 8.42 Å². The van der Waals surface area contributed by atoms with E-state index in [0.717, 1.165) is 0 Å². The van der Waals surface area contributed by atoms with Crippen LogP contribution in [0.4, 0.5) is 0 Å². The van der Waals surface area contributed by atoms with Gasteiger partial charge in [-0.2, -0.15) is 28.7 Å². The molecule has 0 saturated carbocycles. The van der Waals surface area contributed by atoms with Crippen molar-refractivity contribution >= 4 is 27.5 Å². The van der Waals surface area contributed by atoms with Crippen molar-refractivity contribution in [1.82, 2.24) is 0 Å². The first kappa shape index (κ1) is 19.9. The number of rotatable bonds is 3. The molecule has 0 aliphatic carbocycles. The summed E-state index contributed by atoms with van der Waals surface area (Å²) in [6, 6.07) is 6.60. The van der Waals surface area contributed by atoms with E-state index in [9.17, 15) is 13.5 Å². The molecule has 1 aromatic rings. The number of benzene rings is 1. The fourth-order valence-corrected chi connectivity index (χ4v) is 2.28. The SMILES string of the molecule is CC/C([O-])=N/S(=O)(=O)c1c[c-]ccc1Cl.[Li+].[Na+]. The number of sulfonamides is 1. The second-order valence-electron chi connectivity index (χ2n) is 2.67. The van der Waals surface area contributed by atoms with Gasteiger partial charge in [0, 0.05) is 0 Å². The van der Waals surface area contributed by atoms with Crippen LogP contribution in [0.25, 0.3) is 0 Å². The van der Waals surface area contributed by atoms with Gasteiger partial charge in [-0.15, -0.1) is 11.6 Å². The maximum absolute atomic E-state index is 11.5. The number of hydrogen-bond acceptors (Lipinski definition) is 3. The molecule has 0 bridgehead atoms. The largest absolute Gasteiger partial charge is 1.00 e. The first-order chi connectivity index (χ1) is 6.97. The fourth-order valence-electron chi connectivity index (χ4n) is 0.842. The molecule has 0 heterocycles. The topological polar surface area (TPSA) is 69.6 Å². The summed E-state index contributed by atoms with van der Waals surface area (Å²) in [5.41, 5.74) is 0. The van der Waals surface area contributed by atoms with Crippen LogP contribution < -0.4 is 53.5 Å². The minimum Gasteiger partial charge on any atom is -0.861 e. The van der Waals surface area contributed by atoms with Crippen molar-refractivity contribution < 1.29 is 61.9 Å². The van der Waals surface area contributed by atoms with E-state index in [1.165, 1.54) is 25.1 Å². The molecule has 0 spiro atoms. The van der Waals surface area contributed by atoms with Crippen molar-refractivity contribution in [3.63, 3.8) is 0 Å². The zero-order valence-corrected chi connectivity index (χ0v) is 13.5. The third kappa shape index (κ3) is 5.80. The van der Waals surface area contributed by atoms with Crippen LogP contribution in [0.15, 0.2) is 27.5 Å². The average Bonchev–Trinajstić information content (AvgIpc) is 2.17. The molecule has 0 amide bonds. The molecule has 0 N–H and O–H groups in total. The quantitative estimate of drug-likeness (QED) is 0.240. The smallest absolute Gasteiger partial charge is 0.861 e. The van der Waals surface area contributed by atoms with Crippen LogP contribution >= 0.6 is 11.6 Å². The van der Waals surface area contributed by atoms with Gasteiger partial charge in [0.05, 0.1) is 0 Å². The summed E-state index contributed by atoms with van der Waals surface area (Å²) in [5.74, 6) is -0.699. The number of halogens is 1. The Morgan fingerprint density at radius 3 is 2.65 bits per heavy atom. The molecule has 0 aliphatic heterocycles. The molecule has 1 aromatic carbocycles. The zero-order chi connectivity index (χ0) is 11.5. The Morgan fingerprint density at radius 1 is 1.59 bits per heavy atom. The van der Waals surface area contributed by atoms with Crippen molar-refractivity contribution in [2.45, 2.75) is 18.2 Å². The van der Waals surface area contributed by atoms with Crippen molar-refractivity contribution in [1.29, 1.82) is 0 Å². The molecule has 1 rings (SSSR count). The molecule has 0 unspecified atom stereocenters. The molecule has 82 valence electrons. The third-order valence-electron chi connectivity index (χ3n) is 1.58. The number of hydrogen-bond donors (Lipinski definition) is 0. The summed E-state index contributed by atoms with van der Waals surface area (Å²) in [5, 5.41) is 10.9. The molecular formula is C9H8ClLiNNaO3S. The van der Waals surface area contributed by atoms with E-state index in [2.05, 4.69) is 10.5 Å². The molecule has 0 radical (unpaired) electrons. The van der Waals surface area contributed by atoms with Crippen LogP contribution in [0.1, 0.15) is 13.3 Å². The van der Waals surface area contributed by atoms with Gasteiger partial charge in [0.1, 0.15) is 0 Å². The zero-order valence-electron chi connectivity index (χ0n) is 9.90. The predicted octanol–water partition coefficient (Wildman–Crippen LogP) is -4.99. The van der Waals surface area contributed by atoms with E-state index < -0.39 is 15.9 Å². The Hall–Kier alpha value is 0.527. The summed E-state index contributed by atoms with van der Waals surface area (Å²) >= 11 is 5.66. The molecular weight excluding hydrogens is 268 g/mol. The Balaban J connectivity index is 0. The van der Waals surface area contributed by atoms with Gasteiger partial charge in [0.25, 0.3) is 0 Å². The van der Waals surface area contributed by atoms with Crippen LogP contribution in [-0.2, 0) is 10.0 Å². The van der Waals surface area contributed by atoms with Crippen LogP contribution in [0, 0.1) is 6.07 Å².